The molecule has 2 fully saturated rings. The van der Waals surface area contributed by atoms with Gasteiger partial charge >= 0.3 is 0 Å². The predicted molar refractivity (Wildman–Crippen MR) is 71.2 cm³/mol. The summed E-state index contributed by atoms with van der Waals surface area (Å²) in [4.78, 5) is 14.5. The van der Waals surface area contributed by atoms with E-state index < -0.39 is 0 Å². The summed E-state index contributed by atoms with van der Waals surface area (Å²) < 4.78 is 0. The summed E-state index contributed by atoms with van der Waals surface area (Å²) in [5.74, 6) is 0.195. The third kappa shape index (κ3) is 2.69. The van der Waals surface area contributed by atoms with Gasteiger partial charge in [0, 0.05) is 13.6 Å². The number of aliphatic hydroxyl groups excluding tert-OH is 1. The number of nitrogens with one attached hydrogen (secondary N) is 1. The molecule has 1 aliphatic heterocycles. The van der Waals surface area contributed by atoms with E-state index in [0.29, 0.717) is 0 Å². The highest BCUT2D eigenvalue weighted by Gasteiger charge is 2.40. The molecule has 4 heteroatoms. The van der Waals surface area contributed by atoms with Crippen LogP contribution in [0.15, 0.2) is 0 Å². The van der Waals surface area contributed by atoms with Crippen molar-refractivity contribution in [3.8, 4) is 0 Å². The van der Waals surface area contributed by atoms with Gasteiger partial charge in [0.05, 0.1) is 17.6 Å². The summed E-state index contributed by atoms with van der Waals surface area (Å²) in [5, 5.41) is 13.4. The van der Waals surface area contributed by atoms with E-state index in [1.54, 1.807) is 0 Å². The molecule has 0 spiro atoms. The largest absolute Gasteiger partial charge is 0.391 e. The summed E-state index contributed by atoms with van der Waals surface area (Å²) in [6.45, 7) is 3.82. The van der Waals surface area contributed by atoms with Gasteiger partial charge in [0.2, 0.25) is 5.91 Å². The zero-order chi connectivity index (χ0) is 13.2. The zero-order valence-corrected chi connectivity index (χ0v) is 11.6. The van der Waals surface area contributed by atoms with Crippen molar-refractivity contribution >= 4 is 5.91 Å². The normalized spacial score (nSPS) is 37.3. The highest BCUT2D eigenvalue weighted by atomic mass is 16.3. The van der Waals surface area contributed by atoms with Crippen molar-refractivity contribution < 1.29 is 9.90 Å². The fourth-order valence-electron chi connectivity index (χ4n) is 3.36. The average Bonchev–Trinajstić information content (AvgIpc) is 2.38. The minimum absolute atomic E-state index is 0.0185. The van der Waals surface area contributed by atoms with Crippen LogP contribution in [0.25, 0.3) is 0 Å². The minimum atomic E-state index is -0.340. The number of amides is 1. The van der Waals surface area contributed by atoms with Crippen LogP contribution in [0.5, 0.6) is 0 Å². The summed E-state index contributed by atoms with van der Waals surface area (Å²) in [6.07, 6.45) is 5.64. The van der Waals surface area contributed by atoms with Crippen LogP contribution in [0.3, 0.4) is 0 Å². The van der Waals surface area contributed by atoms with Crippen molar-refractivity contribution in [1.29, 1.82) is 0 Å². The van der Waals surface area contributed by atoms with Crippen molar-refractivity contribution in [1.82, 2.24) is 10.2 Å². The molecule has 0 aromatic rings. The molecule has 2 rings (SSSR count). The molecule has 4 nitrogen and oxygen atoms in total. The van der Waals surface area contributed by atoms with Crippen LogP contribution in [0.4, 0.5) is 0 Å². The van der Waals surface area contributed by atoms with E-state index in [9.17, 15) is 9.90 Å². The van der Waals surface area contributed by atoms with Crippen LogP contribution in [0, 0.1) is 5.41 Å². The number of carbonyl (C=O) groups excluding carboxylic acids is 1. The van der Waals surface area contributed by atoms with E-state index in [-0.39, 0.29) is 23.5 Å². The van der Waals surface area contributed by atoms with Crippen molar-refractivity contribution in [3.63, 3.8) is 0 Å². The number of hydrogen-bond acceptors (Lipinski definition) is 3. The average molecular weight is 254 g/mol. The molecular formula is C14H26N2O2. The van der Waals surface area contributed by atoms with Crippen LogP contribution >= 0.6 is 0 Å². The second-order valence-electron chi connectivity index (χ2n) is 6.18. The first-order valence-corrected chi connectivity index (χ1v) is 7.21. The molecule has 1 heterocycles. The Bertz CT molecular complexity index is 300. The van der Waals surface area contributed by atoms with Gasteiger partial charge in [-0.25, -0.2) is 0 Å². The molecule has 2 aliphatic rings. The topological polar surface area (TPSA) is 52.6 Å². The Balaban J connectivity index is 2.02. The van der Waals surface area contributed by atoms with Gasteiger partial charge in [-0.2, -0.15) is 0 Å². The van der Waals surface area contributed by atoms with Gasteiger partial charge in [0.15, 0.2) is 0 Å². The third-order valence-corrected chi connectivity index (χ3v) is 4.63. The molecule has 1 saturated carbocycles. The molecule has 1 aliphatic carbocycles. The Morgan fingerprint density at radius 1 is 1.33 bits per heavy atom. The smallest absolute Gasteiger partial charge is 0.229 e. The lowest BCUT2D eigenvalue weighted by Crippen LogP contribution is -2.54. The summed E-state index contributed by atoms with van der Waals surface area (Å²) >= 11 is 0. The summed E-state index contributed by atoms with van der Waals surface area (Å²) in [7, 11) is 1.86. The Morgan fingerprint density at radius 3 is 2.67 bits per heavy atom. The van der Waals surface area contributed by atoms with Gasteiger partial charge in [0.1, 0.15) is 0 Å². The zero-order valence-electron chi connectivity index (χ0n) is 11.6. The predicted octanol–water partition coefficient (Wildman–Crippen LogP) is 1.14. The van der Waals surface area contributed by atoms with E-state index in [2.05, 4.69) is 5.32 Å². The van der Waals surface area contributed by atoms with E-state index in [4.69, 9.17) is 0 Å². The van der Waals surface area contributed by atoms with Gasteiger partial charge in [0.25, 0.3) is 0 Å². The SMILES string of the molecule is CN(C(=O)C1(C)CCCNC1)C1CCCCC1O. The molecule has 104 valence electrons. The van der Waals surface area contributed by atoms with E-state index in [1.165, 1.54) is 0 Å². The van der Waals surface area contributed by atoms with Crippen molar-refractivity contribution in [2.24, 2.45) is 5.41 Å². The van der Waals surface area contributed by atoms with E-state index >= 15 is 0 Å². The molecular weight excluding hydrogens is 228 g/mol. The standard InChI is InChI=1S/C14H26N2O2/c1-14(8-5-9-15-10-14)13(18)16(2)11-6-3-4-7-12(11)17/h11-12,15,17H,3-10H2,1-2H3. The molecule has 0 aromatic carbocycles. The maximum absolute atomic E-state index is 12.6. The number of likely N-dealkylation sites (N-methyl/N-ethyl adjacent to an activating group) is 1. The highest BCUT2D eigenvalue weighted by Crippen LogP contribution is 2.31. The number of nitrogens with zero attached hydrogens (tertiary/aromatic N) is 1. The summed E-state index contributed by atoms with van der Waals surface area (Å²) in [6, 6.07) is 0.0185. The molecule has 3 unspecified atom stereocenters. The Labute approximate surface area is 110 Å². The van der Waals surface area contributed by atoms with E-state index in [1.807, 2.05) is 18.9 Å². The number of piperidine rings is 1. The van der Waals surface area contributed by atoms with Crippen molar-refractivity contribution in [2.75, 3.05) is 20.1 Å². The minimum Gasteiger partial charge on any atom is -0.391 e. The number of rotatable bonds is 2. The third-order valence-electron chi connectivity index (χ3n) is 4.63. The van der Waals surface area contributed by atoms with Gasteiger partial charge in [-0.1, -0.05) is 12.8 Å². The van der Waals surface area contributed by atoms with Gasteiger partial charge in [-0.15, -0.1) is 0 Å². The molecule has 0 aromatic heterocycles. The number of aliphatic hydroxyl groups is 1. The van der Waals surface area contributed by atoms with E-state index in [0.717, 1.165) is 51.6 Å². The van der Waals surface area contributed by atoms with Crippen LogP contribution in [0.2, 0.25) is 0 Å². The van der Waals surface area contributed by atoms with Gasteiger partial charge < -0.3 is 15.3 Å². The molecule has 0 radical (unpaired) electrons. The maximum Gasteiger partial charge on any atom is 0.229 e. The fraction of sp³-hybridized carbons (Fsp3) is 0.929. The second-order valence-corrected chi connectivity index (χ2v) is 6.18. The Morgan fingerprint density at radius 2 is 2.06 bits per heavy atom. The van der Waals surface area contributed by atoms with Crippen LogP contribution in [-0.4, -0.2) is 48.2 Å². The van der Waals surface area contributed by atoms with Gasteiger partial charge in [-0.3, -0.25) is 4.79 Å². The quantitative estimate of drug-likeness (QED) is 0.777. The second kappa shape index (κ2) is 5.57. The molecule has 1 amide bonds. The van der Waals surface area contributed by atoms with Gasteiger partial charge in [-0.05, 0) is 39.2 Å². The lowest BCUT2D eigenvalue weighted by molar-refractivity contribution is -0.146. The molecule has 3 atom stereocenters. The first kappa shape index (κ1) is 13.8. The van der Waals surface area contributed by atoms with Crippen molar-refractivity contribution in [2.45, 2.75) is 57.6 Å². The molecule has 2 N–H and O–H groups in total. The lowest BCUT2D eigenvalue weighted by atomic mass is 9.80. The molecule has 0 bridgehead atoms. The summed E-state index contributed by atoms with van der Waals surface area (Å²) in [5.41, 5.74) is -0.288. The van der Waals surface area contributed by atoms with Crippen LogP contribution in [0.1, 0.15) is 45.4 Å². The molecule has 18 heavy (non-hydrogen) atoms. The first-order chi connectivity index (χ1) is 8.54. The number of hydrogen-bond donors (Lipinski definition) is 2. The van der Waals surface area contributed by atoms with Crippen molar-refractivity contribution in [3.05, 3.63) is 0 Å². The Kier molecular flexibility index (Phi) is 4.28. The lowest BCUT2D eigenvalue weighted by Gasteiger charge is -2.41. The highest BCUT2D eigenvalue weighted by molar-refractivity contribution is 5.83. The molecule has 1 saturated heterocycles. The fourth-order valence-corrected chi connectivity index (χ4v) is 3.36. The van der Waals surface area contributed by atoms with Crippen LogP contribution < -0.4 is 5.32 Å². The Hall–Kier alpha value is -0.610. The first-order valence-electron chi connectivity index (χ1n) is 7.21. The monoisotopic (exact) mass is 254 g/mol. The maximum atomic E-state index is 12.6. The number of carbonyl (C=O) groups is 1. The van der Waals surface area contributed by atoms with Crippen LogP contribution in [-0.2, 0) is 4.79 Å².